The molecule has 6 heteroatoms. The minimum atomic E-state index is -2.96. The number of rotatable bonds is 6. The molecular formula is C9H19NO3S2. The van der Waals surface area contributed by atoms with Crippen LogP contribution in [0.1, 0.15) is 13.3 Å². The van der Waals surface area contributed by atoms with Gasteiger partial charge in [0.2, 0.25) is 10.0 Å². The molecule has 1 aliphatic heterocycles. The standard InChI is InChI=1S/C9H19NO3S2/c1-9-7-10(15(12,13)8-9)3-6-14-5-2-4-11/h9,11H,2-8H2,1H3. The van der Waals surface area contributed by atoms with Gasteiger partial charge in [-0.2, -0.15) is 11.8 Å². The zero-order valence-electron chi connectivity index (χ0n) is 9.05. The Labute approximate surface area is 96.1 Å². The van der Waals surface area contributed by atoms with Crippen LogP contribution in [0.2, 0.25) is 0 Å². The number of sulfonamides is 1. The van der Waals surface area contributed by atoms with Crippen molar-refractivity contribution in [3.63, 3.8) is 0 Å². The molecule has 0 bridgehead atoms. The van der Waals surface area contributed by atoms with Crippen LogP contribution in [0.25, 0.3) is 0 Å². The summed E-state index contributed by atoms with van der Waals surface area (Å²) in [6.07, 6.45) is 0.786. The molecule has 4 nitrogen and oxygen atoms in total. The summed E-state index contributed by atoms with van der Waals surface area (Å²) in [7, 11) is -2.96. The van der Waals surface area contributed by atoms with Gasteiger partial charge in [-0.15, -0.1) is 0 Å². The Balaban J connectivity index is 2.21. The average Bonchev–Trinajstić information content (AvgIpc) is 2.39. The first kappa shape index (κ1) is 13.3. The third kappa shape index (κ3) is 4.30. The highest BCUT2D eigenvalue weighted by Crippen LogP contribution is 2.19. The molecule has 1 N–H and O–H groups in total. The highest BCUT2D eigenvalue weighted by molar-refractivity contribution is 7.99. The maximum Gasteiger partial charge on any atom is 0.214 e. The highest BCUT2D eigenvalue weighted by Gasteiger charge is 2.32. The van der Waals surface area contributed by atoms with Gasteiger partial charge in [-0.25, -0.2) is 12.7 Å². The Bertz CT molecular complexity index is 279. The van der Waals surface area contributed by atoms with Gasteiger partial charge < -0.3 is 5.11 Å². The lowest BCUT2D eigenvalue weighted by atomic mass is 10.2. The van der Waals surface area contributed by atoms with Crippen LogP contribution in [0, 0.1) is 5.92 Å². The molecule has 1 unspecified atom stereocenters. The Kier molecular flexibility index (Phi) is 5.38. The zero-order chi connectivity index (χ0) is 11.3. The van der Waals surface area contributed by atoms with E-state index in [1.54, 1.807) is 16.1 Å². The van der Waals surface area contributed by atoms with Crippen LogP contribution in [0.5, 0.6) is 0 Å². The van der Waals surface area contributed by atoms with E-state index in [-0.39, 0.29) is 12.5 Å². The molecule has 1 aliphatic rings. The Morgan fingerprint density at radius 1 is 1.47 bits per heavy atom. The minimum Gasteiger partial charge on any atom is -0.396 e. The van der Waals surface area contributed by atoms with Crippen molar-refractivity contribution in [2.45, 2.75) is 13.3 Å². The van der Waals surface area contributed by atoms with Crippen LogP contribution >= 0.6 is 11.8 Å². The molecule has 0 radical (unpaired) electrons. The summed E-state index contributed by atoms with van der Waals surface area (Å²) in [6.45, 7) is 3.47. The van der Waals surface area contributed by atoms with E-state index < -0.39 is 10.0 Å². The lowest BCUT2D eigenvalue weighted by molar-refractivity contribution is 0.296. The molecule has 90 valence electrons. The molecule has 1 fully saturated rings. The summed E-state index contributed by atoms with van der Waals surface area (Å²) in [5, 5.41) is 8.58. The third-order valence-corrected chi connectivity index (χ3v) is 5.49. The topological polar surface area (TPSA) is 57.6 Å². The zero-order valence-corrected chi connectivity index (χ0v) is 10.7. The van der Waals surface area contributed by atoms with Crippen LogP contribution < -0.4 is 0 Å². The molecule has 0 saturated carbocycles. The van der Waals surface area contributed by atoms with Gasteiger partial charge in [0, 0.05) is 25.4 Å². The molecule has 1 atom stereocenters. The molecule has 0 aromatic carbocycles. The first-order valence-electron chi connectivity index (χ1n) is 5.22. The van der Waals surface area contributed by atoms with Crippen molar-refractivity contribution >= 4 is 21.8 Å². The Morgan fingerprint density at radius 2 is 2.20 bits per heavy atom. The first-order chi connectivity index (χ1) is 7.06. The molecule has 1 saturated heterocycles. The van der Waals surface area contributed by atoms with Crippen molar-refractivity contribution in [2.75, 3.05) is 37.0 Å². The summed E-state index contributed by atoms with van der Waals surface area (Å²) in [5.74, 6) is 2.29. The number of aliphatic hydroxyl groups excluding tert-OH is 1. The SMILES string of the molecule is CC1CN(CCSCCCO)S(=O)(=O)C1. The van der Waals surface area contributed by atoms with Crippen LogP contribution in [-0.2, 0) is 10.0 Å². The predicted octanol–water partition coefficient (Wildman–Crippen LogP) is 0.384. The van der Waals surface area contributed by atoms with Gasteiger partial charge in [-0.05, 0) is 18.1 Å². The summed E-state index contributed by atoms with van der Waals surface area (Å²) in [6, 6.07) is 0. The van der Waals surface area contributed by atoms with Gasteiger partial charge in [-0.3, -0.25) is 0 Å². The second-order valence-electron chi connectivity index (χ2n) is 3.93. The lowest BCUT2D eigenvalue weighted by Crippen LogP contribution is -2.28. The molecule has 0 aromatic rings. The second-order valence-corrected chi connectivity index (χ2v) is 7.17. The molecular weight excluding hydrogens is 234 g/mol. The van der Waals surface area contributed by atoms with E-state index in [1.807, 2.05) is 6.92 Å². The van der Waals surface area contributed by atoms with Crippen molar-refractivity contribution in [1.29, 1.82) is 0 Å². The first-order valence-corrected chi connectivity index (χ1v) is 7.99. The second kappa shape index (κ2) is 6.08. The number of hydrogen-bond donors (Lipinski definition) is 1. The largest absolute Gasteiger partial charge is 0.396 e. The fraction of sp³-hybridized carbons (Fsp3) is 1.00. The molecule has 1 heterocycles. The van der Waals surface area contributed by atoms with Gasteiger partial charge >= 0.3 is 0 Å². The predicted molar refractivity (Wildman–Crippen MR) is 63.6 cm³/mol. The molecule has 0 aromatic heterocycles. The summed E-state index contributed by atoms with van der Waals surface area (Å²) in [4.78, 5) is 0. The summed E-state index contributed by atoms with van der Waals surface area (Å²) < 4.78 is 24.7. The normalized spacial score (nSPS) is 25.9. The van der Waals surface area contributed by atoms with Gasteiger partial charge in [0.25, 0.3) is 0 Å². The Hall–Kier alpha value is 0.220. The van der Waals surface area contributed by atoms with E-state index >= 15 is 0 Å². The van der Waals surface area contributed by atoms with E-state index in [0.29, 0.717) is 18.8 Å². The average molecular weight is 253 g/mol. The monoisotopic (exact) mass is 253 g/mol. The number of nitrogens with zero attached hydrogens (tertiary/aromatic N) is 1. The van der Waals surface area contributed by atoms with Crippen molar-refractivity contribution in [3.05, 3.63) is 0 Å². The van der Waals surface area contributed by atoms with E-state index in [1.165, 1.54) is 0 Å². The van der Waals surface area contributed by atoms with Crippen molar-refractivity contribution in [2.24, 2.45) is 5.92 Å². The van der Waals surface area contributed by atoms with Crippen LogP contribution in [0.15, 0.2) is 0 Å². The third-order valence-electron chi connectivity index (χ3n) is 2.34. The molecule has 0 aliphatic carbocycles. The smallest absolute Gasteiger partial charge is 0.214 e. The number of thioether (sulfide) groups is 1. The number of aliphatic hydroxyl groups is 1. The molecule has 15 heavy (non-hydrogen) atoms. The van der Waals surface area contributed by atoms with Crippen LogP contribution in [0.4, 0.5) is 0 Å². The van der Waals surface area contributed by atoms with Crippen molar-refractivity contribution in [1.82, 2.24) is 4.31 Å². The molecule has 1 rings (SSSR count). The van der Waals surface area contributed by atoms with Crippen molar-refractivity contribution < 1.29 is 13.5 Å². The minimum absolute atomic E-state index is 0.214. The van der Waals surface area contributed by atoms with E-state index in [0.717, 1.165) is 17.9 Å². The Morgan fingerprint density at radius 3 is 2.73 bits per heavy atom. The van der Waals surface area contributed by atoms with E-state index in [9.17, 15) is 8.42 Å². The van der Waals surface area contributed by atoms with E-state index in [4.69, 9.17) is 5.11 Å². The molecule has 0 spiro atoms. The quantitative estimate of drug-likeness (QED) is 0.696. The lowest BCUT2D eigenvalue weighted by Gasteiger charge is -2.13. The van der Waals surface area contributed by atoms with Crippen LogP contribution in [-0.4, -0.2) is 54.8 Å². The highest BCUT2D eigenvalue weighted by atomic mass is 32.2. The summed E-state index contributed by atoms with van der Waals surface area (Å²) in [5.41, 5.74) is 0. The number of hydrogen-bond acceptors (Lipinski definition) is 4. The summed E-state index contributed by atoms with van der Waals surface area (Å²) >= 11 is 1.70. The van der Waals surface area contributed by atoms with Gasteiger partial charge in [0.05, 0.1) is 5.75 Å². The maximum atomic E-state index is 11.6. The fourth-order valence-electron chi connectivity index (χ4n) is 1.64. The van der Waals surface area contributed by atoms with Gasteiger partial charge in [-0.1, -0.05) is 6.92 Å². The van der Waals surface area contributed by atoms with Gasteiger partial charge in [0.1, 0.15) is 0 Å². The maximum absolute atomic E-state index is 11.6. The molecule has 0 amide bonds. The van der Waals surface area contributed by atoms with Gasteiger partial charge in [0.15, 0.2) is 0 Å². The fourth-order valence-corrected chi connectivity index (χ4v) is 4.53. The van der Waals surface area contributed by atoms with E-state index in [2.05, 4.69) is 0 Å². The van der Waals surface area contributed by atoms with Crippen molar-refractivity contribution in [3.8, 4) is 0 Å². The van der Waals surface area contributed by atoms with Crippen LogP contribution in [0.3, 0.4) is 0 Å².